The monoisotopic (exact) mass is 222 g/mol. The van der Waals surface area contributed by atoms with Crippen molar-refractivity contribution in [2.75, 3.05) is 0 Å². The molecule has 0 N–H and O–H groups in total. The molecule has 0 aromatic heterocycles. The molecule has 0 bridgehead atoms. The molecule has 2 aromatic rings. The van der Waals surface area contributed by atoms with Crippen LogP contribution in [-0.2, 0) is 6.42 Å². The van der Waals surface area contributed by atoms with E-state index in [2.05, 4.69) is 24.3 Å². The van der Waals surface area contributed by atoms with E-state index < -0.39 is 0 Å². The fourth-order valence-corrected chi connectivity index (χ4v) is 2.46. The Hall–Kier alpha value is -1.89. The standard InChI is InChI=1S/C16H14O/c17-16-8-4-7-14-11-13(9-10-15(14)16)12-5-2-1-3-6-12/h1-3,5-6,9-11H,4,7-8H2. The van der Waals surface area contributed by atoms with Gasteiger partial charge in [0.25, 0.3) is 0 Å². The Labute approximate surface area is 101 Å². The second-order valence-corrected chi connectivity index (χ2v) is 4.51. The third kappa shape index (κ3) is 1.89. The highest BCUT2D eigenvalue weighted by molar-refractivity contribution is 5.99. The SMILES string of the molecule is O=C1CCCc2cc(-c3ccccc3)ccc21. The average molecular weight is 222 g/mol. The maximum atomic E-state index is 11.7. The Morgan fingerprint density at radius 3 is 2.47 bits per heavy atom. The summed E-state index contributed by atoms with van der Waals surface area (Å²) in [5.41, 5.74) is 4.56. The first-order valence-electron chi connectivity index (χ1n) is 6.06. The summed E-state index contributed by atoms with van der Waals surface area (Å²) in [6, 6.07) is 16.5. The first-order chi connectivity index (χ1) is 8.34. The lowest BCUT2D eigenvalue weighted by atomic mass is 9.88. The van der Waals surface area contributed by atoms with Crippen LogP contribution in [0.25, 0.3) is 11.1 Å². The molecule has 84 valence electrons. The van der Waals surface area contributed by atoms with Gasteiger partial charge in [-0.25, -0.2) is 0 Å². The number of Topliss-reactive ketones (excluding diaryl/α,β-unsaturated/α-hetero) is 1. The second kappa shape index (κ2) is 4.17. The fourth-order valence-electron chi connectivity index (χ4n) is 2.46. The van der Waals surface area contributed by atoms with Crippen LogP contribution in [0, 0.1) is 0 Å². The summed E-state index contributed by atoms with van der Waals surface area (Å²) in [5, 5.41) is 0. The van der Waals surface area contributed by atoms with Gasteiger partial charge in [-0.1, -0.05) is 48.5 Å². The third-order valence-corrected chi connectivity index (χ3v) is 3.36. The molecule has 1 aliphatic rings. The zero-order valence-corrected chi connectivity index (χ0v) is 9.65. The molecule has 0 saturated carbocycles. The number of hydrogen-bond donors (Lipinski definition) is 0. The average Bonchev–Trinajstić information content (AvgIpc) is 2.40. The highest BCUT2D eigenvalue weighted by atomic mass is 16.1. The molecule has 0 saturated heterocycles. The van der Waals surface area contributed by atoms with Gasteiger partial charge in [0.1, 0.15) is 0 Å². The molecule has 3 rings (SSSR count). The molecule has 0 fully saturated rings. The highest BCUT2D eigenvalue weighted by Gasteiger charge is 2.17. The molecule has 0 unspecified atom stereocenters. The predicted octanol–water partition coefficient (Wildman–Crippen LogP) is 3.87. The van der Waals surface area contributed by atoms with Crippen molar-refractivity contribution in [3.05, 3.63) is 59.7 Å². The Morgan fingerprint density at radius 1 is 0.824 bits per heavy atom. The van der Waals surface area contributed by atoms with Crippen molar-refractivity contribution in [3.8, 4) is 11.1 Å². The molecular weight excluding hydrogens is 208 g/mol. The van der Waals surface area contributed by atoms with Crippen molar-refractivity contribution in [1.29, 1.82) is 0 Å². The minimum atomic E-state index is 0.297. The van der Waals surface area contributed by atoms with Crippen molar-refractivity contribution in [2.45, 2.75) is 19.3 Å². The van der Waals surface area contributed by atoms with Gasteiger partial charge in [0.05, 0.1) is 0 Å². The first-order valence-corrected chi connectivity index (χ1v) is 6.06. The van der Waals surface area contributed by atoms with Gasteiger partial charge in [-0.2, -0.15) is 0 Å². The van der Waals surface area contributed by atoms with Crippen LogP contribution in [-0.4, -0.2) is 5.78 Å². The molecule has 1 aliphatic carbocycles. The minimum Gasteiger partial charge on any atom is -0.294 e. The third-order valence-electron chi connectivity index (χ3n) is 3.36. The van der Waals surface area contributed by atoms with Crippen molar-refractivity contribution < 1.29 is 4.79 Å². The number of carbonyl (C=O) groups excluding carboxylic acids is 1. The van der Waals surface area contributed by atoms with Gasteiger partial charge >= 0.3 is 0 Å². The van der Waals surface area contributed by atoms with E-state index in [0.29, 0.717) is 12.2 Å². The number of ketones is 1. The molecule has 0 atom stereocenters. The van der Waals surface area contributed by atoms with Crippen molar-refractivity contribution in [3.63, 3.8) is 0 Å². The second-order valence-electron chi connectivity index (χ2n) is 4.51. The maximum Gasteiger partial charge on any atom is 0.163 e. The Bertz CT molecular complexity index is 555. The van der Waals surface area contributed by atoms with Crippen LogP contribution in [0.15, 0.2) is 48.5 Å². The number of aryl methyl sites for hydroxylation is 1. The lowest BCUT2D eigenvalue weighted by Crippen LogP contribution is -2.10. The van der Waals surface area contributed by atoms with Crippen molar-refractivity contribution >= 4 is 5.78 Å². The van der Waals surface area contributed by atoms with Crippen LogP contribution in [0.5, 0.6) is 0 Å². The molecular formula is C16H14O. The van der Waals surface area contributed by atoms with E-state index >= 15 is 0 Å². The zero-order chi connectivity index (χ0) is 11.7. The summed E-state index contributed by atoms with van der Waals surface area (Å²) in [5.74, 6) is 0.297. The molecule has 1 nitrogen and oxygen atoms in total. The number of carbonyl (C=O) groups is 1. The van der Waals surface area contributed by atoms with Gasteiger partial charge in [-0.15, -0.1) is 0 Å². The summed E-state index contributed by atoms with van der Waals surface area (Å²) in [6.45, 7) is 0. The van der Waals surface area contributed by atoms with E-state index in [4.69, 9.17) is 0 Å². The number of hydrogen-bond acceptors (Lipinski definition) is 1. The molecule has 0 spiro atoms. The summed E-state index contributed by atoms with van der Waals surface area (Å²) < 4.78 is 0. The molecule has 0 radical (unpaired) electrons. The normalized spacial score (nSPS) is 14.5. The molecule has 1 heteroatoms. The predicted molar refractivity (Wildman–Crippen MR) is 69.1 cm³/mol. The van der Waals surface area contributed by atoms with E-state index in [1.165, 1.54) is 16.7 Å². The molecule has 2 aromatic carbocycles. The smallest absolute Gasteiger partial charge is 0.163 e. The minimum absolute atomic E-state index is 0.297. The van der Waals surface area contributed by atoms with E-state index in [0.717, 1.165) is 18.4 Å². The van der Waals surface area contributed by atoms with E-state index in [-0.39, 0.29) is 0 Å². The summed E-state index contributed by atoms with van der Waals surface area (Å²) in [7, 11) is 0. The first kappa shape index (κ1) is 10.3. The van der Waals surface area contributed by atoms with E-state index in [1.807, 2.05) is 24.3 Å². The van der Waals surface area contributed by atoms with Crippen LogP contribution in [0.2, 0.25) is 0 Å². The molecule has 0 aliphatic heterocycles. The van der Waals surface area contributed by atoms with Crippen LogP contribution < -0.4 is 0 Å². The molecule has 17 heavy (non-hydrogen) atoms. The van der Waals surface area contributed by atoms with Crippen LogP contribution in [0.4, 0.5) is 0 Å². The number of rotatable bonds is 1. The van der Waals surface area contributed by atoms with Crippen LogP contribution >= 0.6 is 0 Å². The molecule has 0 heterocycles. The lowest BCUT2D eigenvalue weighted by molar-refractivity contribution is 0.0972. The number of benzene rings is 2. The quantitative estimate of drug-likeness (QED) is 0.715. The van der Waals surface area contributed by atoms with Crippen molar-refractivity contribution in [2.24, 2.45) is 0 Å². The lowest BCUT2D eigenvalue weighted by Gasteiger charge is -2.15. The Kier molecular flexibility index (Phi) is 2.52. The topological polar surface area (TPSA) is 17.1 Å². The maximum absolute atomic E-state index is 11.7. The summed E-state index contributed by atoms with van der Waals surface area (Å²) in [6.07, 6.45) is 2.73. The summed E-state index contributed by atoms with van der Waals surface area (Å²) >= 11 is 0. The van der Waals surface area contributed by atoms with Gasteiger partial charge in [0, 0.05) is 12.0 Å². The number of fused-ring (bicyclic) bond motifs is 1. The van der Waals surface area contributed by atoms with Gasteiger partial charge < -0.3 is 0 Å². The Balaban J connectivity index is 2.07. The largest absolute Gasteiger partial charge is 0.294 e. The van der Waals surface area contributed by atoms with Crippen LogP contribution in [0.3, 0.4) is 0 Å². The highest BCUT2D eigenvalue weighted by Crippen LogP contribution is 2.27. The van der Waals surface area contributed by atoms with Crippen molar-refractivity contribution in [1.82, 2.24) is 0 Å². The van der Waals surface area contributed by atoms with Crippen LogP contribution in [0.1, 0.15) is 28.8 Å². The fraction of sp³-hybridized carbons (Fsp3) is 0.188. The van der Waals surface area contributed by atoms with E-state index in [9.17, 15) is 4.79 Å². The van der Waals surface area contributed by atoms with Gasteiger partial charge in [0.2, 0.25) is 0 Å². The van der Waals surface area contributed by atoms with E-state index in [1.54, 1.807) is 0 Å². The summed E-state index contributed by atoms with van der Waals surface area (Å²) in [4.78, 5) is 11.7. The Morgan fingerprint density at radius 2 is 1.65 bits per heavy atom. The zero-order valence-electron chi connectivity index (χ0n) is 9.65. The van der Waals surface area contributed by atoms with Gasteiger partial charge in [-0.05, 0) is 29.5 Å². The molecule has 0 amide bonds. The van der Waals surface area contributed by atoms with Gasteiger partial charge in [-0.3, -0.25) is 4.79 Å². The van der Waals surface area contributed by atoms with Gasteiger partial charge in [0.15, 0.2) is 5.78 Å².